The van der Waals surface area contributed by atoms with Crippen molar-refractivity contribution in [1.29, 1.82) is 0 Å². The van der Waals surface area contributed by atoms with E-state index in [2.05, 4.69) is 10.1 Å². The second-order valence-electron chi connectivity index (χ2n) is 6.09. The molecule has 1 atom stereocenters. The van der Waals surface area contributed by atoms with E-state index in [1.54, 1.807) is 0 Å². The lowest BCUT2D eigenvalue weighted by atomic mass is 10.0. The quantitative estimate of drug-likeness (QED) is 0.803. The maximum Gasteiger partial charge on any atom is 0.428 e. The van der Waals surface area contributed by atoms with E-state index in [9.17, 15) is 26.7 Å². The maximum absolute atomic E-state index is 13.5. The Morgan fingerprint density at radius 1 is 1.31 bits per heavy atom. The highest BCUT2D eigenvalue weighted by molar-refractivity contribution is 6.05. The van der Waals surface area contributed by atoms with Gasteiger partial charge in [-0.15, -0.1) is 0 Å². The predicted molar refractivity (Wildman–Crippen MR) is 81.2 cm³/mol. The van der Waals surface area contributed by atoms with Gasteiger partial charge in [-0.1, -0.05) is 0 Å². The molecule has 0 radical (unpaired) electrons. The third kappa shape index (κ3) is 3.70. The van der Waals surface area contributed by atoms with Gasteiger partial charge in [0.25, 0.3) is 5.92 Å². The Labute approximate surface area is 145 Å². The number of halogens is 5. The van der Waals surface area contributed by atoms with Crippen LogP contribution in [-0.2, 0) is 10.9 Å². The fourth-order valence-electron chi connectivity index (χ4n) is 2.84. The second kappa shape index (κ2) is 6.36. The summed E-state index contributed by atoms with van der Waals surface area (Å²) in [6, 6.07) is 0.839. The lowest BCUT2D eigenvalue weighted by molar-refractivity contribution is -0.137. The maximum atomic E-state index is 13.5. The first-order chi connectivity index (χ1) is 12.1. The molecule has 0 saturated carbocycles. The van der Waals surface area contributed by atoms with E-state index in [4.69, 9.17) is 4.74 Å². The van der Waals surface area contributed by atoms with Gasteiger partial charge in [0.05, 0.1) is 5.56 Å². The number of nitrogens with one attached hydrogen (secondary N) is 1. The van der Waals surface area contributed by atoms with Crippen molar-refractivity contribution in [2.45, 2.75) is 38.0 Å². The van der Waals surface area contributed by atoms with Crippen molar-refractivity contribution in [1.82, 2.24) is 10.4 Å². The molecule has 26 heavy (non-hydrogen) atoms. The summed E-state index contributed by atoms with van der Waals surface area (Å²) in [6.07, 6.45) is -6.30. The van der Waals surface area contributed by atoms with Gasteiger partial charge in [0, 0.05) is 37.7 Å². The number of pyridine rings is 1. The molecule has 1 amide bonds. The minimum Gasteiger partial charge on any atom is -0.439 e. The summed E-state index contributed by atoms with van der Waals surface area (Å²) >= 11 is 0. The van der Waals surface area contributed by atoms with E-state index in [1.807, 2.05) is 5.43 Å². The number of alkyl halides is 5. The van der Waals surface area contributed by atoms with Crippen molar-refractivity contribution in [3.8, 4) is 0 Å². The molecular formula is C15H15F5N4O2. The molecule has 1 aromatic rings. The summed E-state index contributed by atoms with van der Waals surface area (Å²) in [5.74, 6) is -3.28. The van der Waals surface area contributed by atoms with Crippen LogP contribution in [0.3, 0.4) is 0 Å². The first kappa shape index (κ1) is 18.3. The molecule has 1 aromatic heterocycles. The number of ether oxygens (including phenoxy) is 1. The summed E-state index contributed by atoms with van der Waals surface area (Å²) in [7, 11) is 0. The Balaban J connectivity index is 1.96. The van der Waals surface area contributed by atoms with E-state index in [1.165, 1.54) is 11.8 Å². The summed E-state index contributed by atoms with van der Waals surface area (Å²) in [5.41, 5.74) is 1.09. The largest absolute Gasteiger partial charge is 0.439 e. The van der Waals surface area contributed by atoms with Crippen LogP contribution in [-0.4, -0.2) is 41.9 Å². The van der Waals surface area contributed by atoms with Gasteiger partial charge >= 0.3 is 12.3 Å². The van der Waals surface area contributed by atoms with Gasteiger partial charge < -0.3 is 9.64 Å². The number of cyclic esters (lactones) is 1. The average molecular weight is 378 g/mol. The van der Waals surface area contributed by atoms with Crippen LogP contribution in [0, 0.1) is 0 Å². The number of hydrogen-bond acceptors (Lipinski definition) is 5. The van der Waals surface area contributed by atoms with Gasteiger partial charge in [0.1, 0.15) is 17.6 Å². The fraction of sp³-hybridized carbons (Fsp3) is 0.533. The molecule has 0 aromatic carbocycles. The number of nitrogens with zero attached hydrogens (tertiary/aromatic N) is 3. The van der Waals surface area contributed by atoms with E-state index >= 15 is 0 Å². The normalized spacial score (nSPS) is 23.2. The van der Waals surface area contributed by atoms with E-state index in [-0.39, 0.29) is 24.4 Å². The Bertz CT molecular complexity index is 740. The molecule has 0 aliphatic carbocycles. The van der Waals surface area contributed by atoms with Crippen molar-refractivity contribution >= 4 is 17.6 Å². The Morgan fingerprint density at radius 3 is 2.54 bits per heavy atom. The van der Waals surface area contributed by atoms with Crippen molar-refractivity contribution in [2.24, 2.45) is 5.10 Å². The molecule has 0 bridgehead atoms. The summed E-state index contributed by atoms with van der Waals surface area (Å²) in [5, 5.41) is 3.72. The number of carbonyl (C=O) groups excluding carboxylic acids is 1. The predicted octanol–water partition coefficient (Wildman–Crippen LogP) is 3.17. The molecule has 3 heterocycles. The Hall–Kier alpha value is -2.46. The molecule has 2 aliphatic heterocycles. The van der Waals surface area contributed by atoms with E-state index in [0.717, 1.165) is 12.3 Å². The van der Waals surface area contributed by atoms with Gasteiger partial charge in [-0.25, -0.2) is 24.0 Å². The van der Waals surface area contributed by atoms with Gasteiger partial charge in [-0.3, -0.25) is 0 Å². The SMILES string of the molecule is CC1OC(=O)NN=C1c1cnc(N2CCC(F)(F)CC2)c(C(F)(F)F)c1. The highest BCUT2D eigenvalue weighted by Gasteiger charge is 2.40. The lowest BCUT2D eigenvalue weighted by Gasteiger charge is -2.34. The molecular weight excluding hydrogens is 363 g/mol. The standard InChI is InChI=1S/C15H15F5N4O2/c1-8-11(22-23-13(25)26-8)9-6-10(15(18,19)20)12(21-7-9)24-4-2-14(16,17)3-5-24/h6-8H,2-5H2,1H3,(H,23,25). The Kier molecular flexibility index (Phi) is 4.49. The molecule has 1 unspecified atom stereocenters. The zero-order valence-corrected chi connectivity index (χ0v) is 13.6. The number of aromatic nitrogens is 1. The molecule has 142 valence electrons. The highest BCUT2D eigenvalue weighted by atomic mass is 19.4. The van der Waals surface area contributed by atoms with Crippen LogP contribution in [0.4, 0.5) is 32.6 Å². The van der Waals surface area contributed by atoms with Gasteiger partial charge in [0.15, 0.2) is 0 Å². The molecule has 1 N–H and O–H groups in total. The van der Waals surface area contributed by atoms with Gasteiger partial charge in [-0.2, -0.15) is 18.3 Å². The van der Waals surface area contributed by atoms with Gasteiger partial charge in [0.2, 0.25) is 0 Å². The van der Waals surface area contributed by atoms with E-state index in [0.29, 0.717) is 0 Å². The number of carbonyl (C=O) groups is 1. The highest BCUT2D eigenvalue weighted by Crippen LogP contribution is 2.38. The first-order valence-corrected chi connectivity index (χ1v) is 7.81. The monoisotopic (exact) mass is 378 g/mol. The molecule has 1 fully saturated rings. The Morgan fingerprint density at radius 2 is 1.96 bits per heavy atom. The minimum atomic E-state index is -4.74. The smallest absolute Gasteiger partial charge is 0.428 e. The van der Waals surface area contributed by atoms with Crippen LogP contribution in [0.15, 0.2) is 17.4 Å². The minimum absolute atomic E-state index is 0.0240. The fourth-order valence-corrected chi connectivity index (χ4v) is 2.84. The van der Waals surface area contributed by atoms with Crippen molar-refractivity contribution in [3.63, 3.8) is 0 Å². The molecule has 11 heteroatoms. The van der Waals surface area contributed by atoms with E-state index < -0.39 is 48.5 Å². The third-order valence-corrected chi connectivity index (χ3v) is 4.20. The molecule has 2 aliphatic rings. The topological polar surface area (TPSA) is 66.8 Å². The summed E-state index contributed by atoms with van der Waals surface area (Å²) in [6.45, 7) is 1.02. The molecule has 6 nitrogen and oxygen atoms in total. The zero-order valence-electron chi connectivity index (χ0n) is 13.6. The van der Waals surface area contributed by atoms with Crippen LogP contribution in [0.25, 0.3) is 0 Å². The zero-order chi connectivity index (χ0) is 19.1. The number of amides is 1. The van der Waals surface area contributed by atoms with Crippen LogP contribution < -0.4 is 10.3 Å². The van der Waals surface area contributed by atoms with Crippen LogP contribution >= 0.6 is 0 Å². The number of piperidine rings is 1. The van der Waals surface area contributed by atoms with Crippen molar-refractivity contribution in [2.75, 3.05) is 18.0 Å². The lowest BCUT2D eigenvalue weighted by Crippen LogP contribution is -2.41. The first-order valence-electron chi connectivity index (χ1n) is 7.81. The summed E-state index contributed by atoms with van der Waals surface area (Å²) < 4.78 is 71.9. The van der Waals surface area contributed by atoms with Crippen LogP contribution in [0.5, 0.6) is 0 Å². The van der Waals surface area contributed by atoms with Crippen LogP contribution in [0.1, 0.15) is 30.9 Å². The van der Waals surface area contributed by atoms with Crippen molar-refractivity contribution in [3.05, 3.63) is 23.4 Å². The molecule has 0 spiro atoms. The molecule has 3 rings (SSSR count). The third-order valence-electron chi connectivity index (χ3n) is 4.20. The average Bonchev–Trinajstić information content (AvgIpc) is 2.54. The number of anilines is 1. The van der Waals surface area contributed by atoms with Crippen LogP contribution in [0.2, 0.25) is 0 Å². The number of hydrogen-bond donors (Lipinski definition) is 1. The van der Waals surface area contributed by atoms with Crippen molar-refractivity contribution < 1.29 is 31.5 Å². The van der Waals surface area contributed by atoms with Gasteiger partial charge in [-0.05, 0) is 13.0 Å². The summed E-state index contributed by atoms with van der Waals surface area (Å²) in [4.78, 5) is 16.1. The second-order valence-corrected chi connectivity index (χ2v) is 6.09. The number of hydrazone groups is 1. The number of rotatable bonds is 2. The molecule has 1 saturated heterocycles.